The Labute approximate surface area is 195 Å². The summed E-state index contributed by atoms with van der Waals surface area (Å²) in [6, 6.07) is 12.2. The number of halogens is 1. The third kappa shape index (κ3) is 7.85. The van der Waals surface area contributed by atoms with Crippen LogP contribution in [0.1, 0.15) is 37.8 Å². The number of hydrogen-bond donors (Lipinski definition) is 1. The van der Waals surface area contributed by atoms with E-state index >= 15 is 0 Å². The largest absolute Gasteiger partial charge is 0.355 e. The monoisotopic (exact) mass is 477 g/mol. The van der Waals surface area contributed by atoms with Crippen molar-refractivity contribution in [1.82, 2.24) is 10.2 Å². The highest BCUT2D eigenvalue weighted by Crippen LogP contribution is 2.20. The molecule has 180 valence electrons. The van der Waals surface area contributed by atoms with Gasteiger partial charge in [-0.15, -0.1) is 0 Å². The molecule has 0 aliphatic heterocycles. The van der Waals surface area contributed by atoms with Crippen molar-refractivity contribution in [2.24, 2.45) is 0 Å². The molecule has 0 saturated heterocycles. The molecule has 1 atom stereocenters. The van der Waals surface area contributed by atoms with Crippen LogP contribution in [0.4, 0.5) is 10.1 Å². The van der Waals surface area contributed by atoms with Crippen molar-refractivity contribution in [1.29, 1.82) is 0 Å². The van der Waals surface area contributed by atoms with Crippen LogP contribution in [0.3, 0.4) is 0 Å². The van der Waals surface area contributed by atoms with Crippen LogP contribution < -0.4 is 9.62 Å². The van der Waals surface area contributed by atoms with Crippen molar-refractivity contribution < 1.29 is 22.4 Å². The van der Waals surface area contributed by atoms with E-state index in [1.54, 1.807) is 44.2 Å². The summed E-state index contributed by atoms with van der Waals surface area (Å²) in [5.41, 5.74) is 2.17. The number of nitrogens with one attached hydrogen (secondary N) is 1. The third-order valence-corrected chi connectivity index (χ3v) is 6.42. The number of rotatable bonds is 11. The van der Waals surface area contributed by atoms with E-state index in [-0.39, 0.29) is 43.6 Å². The number of sulfonamides is 1. The van der Waals surface area contributed by atoms with Gasteiger partial charge in [-0.2, -0.15) is 0 Å². The van der Waals surface area contributed by atoms with E-state index in [9.17, 15) is 22.4 Å². The fourth-order valence-corrected chi connectivity index (χ4v) is 4.44. The van der Waals surface area contributed by atoms with E-state index in [4.69, 9.17) is 0 Å². The van der Waals surface area contributed by atoms with Gasteiger partial charge in [-0.05, 0) is 62.6 Å². The number of amides is 2. The van der Waals surface area contributed by atoms with Crippen molar-refractivity contribution in [3.05, 3.63) is 65.5 Å². The molecule has 2 aromatic carbocycles. The molecule has 0 aliphatic carbocycles. The minimum absolute atomic E-state index is 0.0583. The lowest BCUT2D eigenvalue weighted by atomic mass is 10.1. The predicted octanol–water partition coefficient (Wildman–Crippen LogP) is 3.23. The van der Waals surface area contributed by atoms with Crippen LogP contribution in [-0.4, -0.2) is 50.5 Å². The summed E-state index contributed by atoms with van der Waals surface area (Å²) in [5.74, 6) is -0.952. The van der Waals surface area contributed by atoms with Crippen molar-refractivity contribution in [2.75, 3.05) is 23.7 Å². The first-order chi connectivity index (χ1) is 15.5. The quantitative estimate of drug-likeness (QED) is 0.538. The van der Waals surface area contributed by atoms with Gasteiger partial charge in [0.2, 0.25) is 21.8 Å². The molecule has 0 heterocycles. The molecule has 2 amide bonds. The van der Waals surface area contributed by atoms with Gasteiger partial charge in [0.15, 0.2) is 0 Å². The van der Waals surface area contributed by atoms with Gasteiger partial charge in [0, 0.05) is 26.1 Å². The SMILES string of the molecule is CCNC(=O)C(C)N(Cc1ccc(F)cc1)C(=O)CCCN(c1cccc(C)c1)S(C)(=O)=O. The van der Waals surface area contributed by atoms with Crippen molar-refractivity contribution in [3.63, 3.8) is 0 Å². The lowest BCUT2D eigenvalue weighted by Crippen LogP contribution is -2.47. The normalized spacial score (nSPS) is 12.2. The van der Waals surface area contributed by atoms with E-state index in [2.05, 4.69) is 5.32 Å². The van der Waals surface area contributed by atoms with E-state index in [0.29, 0.717) is 17.8 Å². The smallest absolute Gasteiger partial charge is 0.242 e. The number of aryl methyl sites for hydroxylation is 1. The first kappa shape index (κ1) is 26.3. The van der Waals surface area contributed by atoms with Crippen LogP contribution in [0.25, 0.3) is 0 Å². The van der Waals surface area contributed by atoms with Gasteiger partial charge in [0.05, 0.1) is 11.9 Å². The van der Waals surface area contributed by atoms with Crippen LogP contribution in [0, 0.1) is 12.7 Å². The summed E-state index contributed by atoms with van der Waals surface area (Å²) in [7, 11) is -3.53. The Bertz CT molecular complexity index is 1060. The summed E-state index contributed by atoms with van der Waals surface area (Å²) >= 11 is 0. The Morgan fingerprint density at radius 2 is 1.79 bits per heavy atom. The van der Waals surface area contributed by atoms with Gasteiger partial charge >= 0.3 is 0 Å². The summed E-state index contributed by atoms with van der Waals surface area (Å²) in [6.07, 6.45) is 1.47. The van der Waals surface area contributed by atoms with E-state index < -0.39 is 16.1 Å². The van der Waals surface area contributed by atoms with Gasteiger partial charge < -0.3 is 10.2 Å². The number of carbonyl (C=O) groups excluding carboxylic acids is 2. The highest BCUT2D eigenvalue weighted by Gasteiger charge is 2.26. The maximum absolute atomic E-state index is 13.3. The summed E-state index contributed by atoms with van der Waals surface area (Å²) in [6.45, 7) is 6.02. The van der Waals surface area contributed by atoms with Crippen LogP contribution >= 0.6 is 0 Å². The molecular formula is C24H32FN3O4S. The molecule has 2 rings (SSSR count). The van der Waals surface area contributed by atoms with Crippen LogP contribution in [0.15, 0.2) is 48.5 Å². The Morgan fingerprint density at radius 1 is 1.12 bits per heavy atom. The van der Waals surface area contributed by atoms with Crippen molar-refractivity contribution in [3.8, 4) is 0 Å². The molecule has 0 aromatic heterocycles. The molecule has 2 aromatic rings. The molecule has 1 N–H and O–H groups in total. The molecule has 33 heavy (non-hydrogen) atoms. The topological polar surface area (TPSA) is 86.8 Å². The summed E-state index contributed by atoms with van der Waals surface area (Å²) in [5, 5.41) is 2.72. The van der Waals surface area contributed by atoms with Gasteiger partial charge in [0.1, 0.15) is 11.9 Å². The first-order valence-corrected chi connectivity index (χ1v) is 12.7. The first-order valence-electron chi connectivity index (χ1n) is 10.9. The molecule has 9 heteroatoms. The molecule has 0 bridgehead atoms. The zero-order valence-corrected chi connectivity index (χ0v) is 20.4. The third-order valence-electron chi connectivity index (χ3n) is 5.23. The van der Waals surface area contributed by atoms with Gasteiger partial charge in [-0.1, -0.05) is 24.3 Å². The van der Waals surface area contributed by atoms with E-state index in [1.165, 1.54) is 21.3 Å². The maximum atomic E-state index is 13.3. The average molecular weight is 478 g/mol. The molecule has 7 nitrogen and oxygen atoms in total. The molecule has 0 fully saturated rings. The second-order valence-electron chi connectivity index (χ2n) is 8.00. The van der Waals surface area contributed by atoms with Gasteiger partial charge in [-0.3, -0.25) is 13.9 Å². The highest BCUT2D eigenvalue weighted by molar-refractivity contribution is 7.92. The Kier molecular flexibility index (Phi) is 9.40. The molecule has 0 aliphatic rings. The number of benzene rings is 2. The van der Waals surface area contributed by atoms with Crippen molar-refractivity contribution in [2.45, 2.75) is 46.2 Å². The number of hydrogen-bond acceptors (Lipinski definition) is 4. The molecular weight excluding hydrogens is 445 g/mol. The predicted molar refractivity (Wildman–Crippen MR) is 128 cm³/mol. The zero-order chi connectivity index (χ0) is 24.6. The number of likely N-dealkylation sites (N-methyl/N-ethyl adjacent to an activating group) is 1. The Balaban J connectivity index is 2.14. The average Bonchev–Trinajstić information content (AvgIpc) is 2.75. The van der Waals surface area contributed by atoms with Gasteiger partial charge in [0.25, 0.3) is 0 Å². The Morgan fingerprint density at radius 3 is 2.36 bits per heavy atom. The molecule has 1 unspecified atom stereocenters. The standard InChI is InChI=1S/C24H32FN3O4S/c1-5-26-24(30)19(3)27(17-20-11-13-21(25)14-12-20)23(29)10-7-15-28(33(4,31)32)22-9-6-8-18(2)16-22/h6,8-9,11-14,16,19H,5,7,10,15,17H2,1-4H3,(H,26,30). The van der Waals surface area contributed by atoms with Gasteiger partial charge in [-0.25, -0.2) is 12.8 Å². The number of carbonyl (C=O) groups is 2. The summed E-state index contributed by atoms with van der Waals surface area (Å²) < 4.78 is 39.2. The highest BCUT2D eigenvalue weighted by atomic mass is 32.2. The lowest BCUT2D eigenvalue weighted by Gasteiger charge is -2.29. The molecule has 0 saturated carbocycles. The number of nitrogens with zero attached hydrogens (tertiary/aromatic N) is 2. The Hall–Kier alpha value is -2.94. The fraction of sp³-hybridized carbons (Fsp3) is 0.417. The minimum Gasteiger partial charge on any atom is -0.355 e. The summed E-state index contributed by atoms with van der Waals surface area (Å²) in [4.78, 5) is 26.9. The number of anilines is 1. The fourth-order valence-electron chi connectivity index (χ4n) is 3.48. The minimum atomic E-state index is -3.53. The van der Waals surface area contributed by atoms with Crippen molar-refractivity contribution >= 4 is 27.5 Å². The van der Waals surface area contributed by atoms with Crippen LogP contribution in [0.2, 0.25) is 0 Å². The van der Waals surface area contributed by atoms with Crippen LogP contribution in [0.5, 0.6) is 0 Å². The second-order valence-corrected chi connectivity index (χ2v) is 9.90. The molecule has 0 radical (unpaired) electrons. The lowest BCUT2D eigenvalue weighted by molar-refractivity contribution is -0.140. The second kappa shape index (κ2) is 11.8. The maximum Gasteiger partial charge on any atom is 0.242 e. The van der Waals surface area contributed by atoms with E-state index in [0.717, 1.165) is 11.8 Å². The van der Waals surface area contributed by atoms with Crippen LogP contribution in [-0.2, 0) is 26.2 Å². The molecule has 0 spiro atoms. The van der Waals surface area contributed by atoms with E-state index in [1.807, 2.05) is 13.0 Å². The zero-order valence-electron chi connectivity index (χ0n) is 19.5.